The lowest BCUT2D eigenvalue weighted by molar-refractivity contribution is -0.276. The molecule has 1 aliphatic heterocycles. The molecule has 28 heavy (non-hydrogen) atoms. The Bertz CT molecular complexity index is 818. The zero-order chi connectivity index (χ0) is 19.7. The molecule has 1 atom stereocenters. The minimum Gasteiger partial charge on any atom is -0.448 e. The van der Waals surface area contributed by atoms with E-state index in [0.717, 1.165) is 0 Å². The maximum Gasteiger partial charge on any atom is 0.409 e. The van der Waals surface area contributed by atoms with Gasteiger partial charge in [0, 0.05) is 33.1 Å². The fourth-order valence-corrected chi connectivity index (χ4v) is 4.31. The van der Waals surface area contributed by atoms with Gasteiger partial charge in [-0.1, -0.05) is 48.5 Å². The molecule has 6 nitrogen and oxygen atoms in total. The van der Waals surface area contributed by atoms with Crippen LogP contribution in [0.1, 0.15) is 23.5 Å². The van der Waals surface area contributed by atoms with Crippen LogP contribution in [-0.2, 0) is 14.2 Å². The number of methoxy groups -OCH3 is 2. The number of hydrogen-bond acceptors (Lipinski definition) is 5. The van der Waals surface area contributed by atoms with Gasteiger partial charge in [0.15, 0.2) is 5.79 Å². The number of likely N-dealkylation sites (tertiary alicyclic amines) is 1. The summed E-state index contributed by atoms with van der Waals surface area (Å²) in [5, 5.41) is 10.4. The predicted octanol–water partition coefficient (Wildman–Crippen LogP) is 2.99. The molecule has 1 saturated heterocycles. The zero-order valence-electron chi connectivity index (χ0n) is 16.1. The lowest BCUT2D eigenvalue weighted by Gasteiger charge is -2.42. The van der Waals surface area contributed by atoms with Crippen molar-refractivity contribution in [2.45, 2.75) is 24.2 Å². The van der Waals surface area contributed by atoms with Gasteiger partial charge in [0.2, 0.25) is 0 Å². The number of piperidine rings is 1. The van der Waals surface area contributed by atoms with Gasteiger partial charge in [-0.3, -0.25) is 0 Å². The number of β-amino-alcohol motifs (C(OH)–C–C–N with tert-alkyl or cyclic N) is 1. The lowest BCUT2D eigenvalue weighted by Crippen LogP contribution is -2.58. The van der Waals surface area contributed by atoms with E-state index in [4.69, 9.17) is 14.2 Å². The van der Waals surface area contributed by atoms with Gasteiger partial charge in [-0.2, -0.15) is 0 Å². The van der Waals surface area contributed by atoms with Crippen molar-refractivity contribution >= 4 is 6.09 Å². The quantitative estimate of drug-likeness (QED) is 0.822. The first kappa shape index (κ1) is 18.9. The molecule has 0 spiro atoms. The first-order chi connectivity index (χ1) is 13.6. The number of fused-ring (bicyclic) bond motifs is 3. The van der Waals surface area contributed by atoms with Crippen LogP contribution in [-0.4, -0.2) is 61.9 Å². The summed E-state index contributed by atoms with van der Waals surface area (Å²) in [7, 11) is 2.99. The smallest absolute Gasteiger partial charge is 0.409 e. The van der Waals surface area contributed by atoms with E-state index in [-0.39, 0.29) is 19.1 Å². The molecule has 1 amide bonds. The van der Waals surface area contributed by atoms with Crippen molar-refractivity contribution in [2.75, 3.05) is 33.9 Å². The van der Waals surface area contributed by atoms with Gasteiger partial charge >= 0.3 is 6.09 Å². The summed E-state index contributed by atoms with van der Waals surface area (Å²) in [5.74, 6) is -1.05. The molecule has 2 aromatic rings. The van der Waals surface area contributed by atoms with E-state index >= 15 is 0 Å². The lowest BCUT2D eigenvalue weighted by atomic mass is 9.98. The molecule has 2 aromatic carbocycles. The predicted molar refractivity (Wildman–Crippen MR) is 104 cm³/mol. The topological polar surface area (TPSA) is 68.2 Å². The third kappa shape index (κ3) is 3.07. The molecule has 0 radical (unpaired) electrons. The average molecular weight is 383 g/mol. The van der Waals surface area contributed by atoms with Crippen molar-refractivity contribution < 1.29 is 24.1 Å². The van der Waals surface area contributed by atoms with Crippen LogP contribution in [0.5, 0.6) is 0 Å². The molecule has 1 unspecified atom stereocenters. The maximum atomic E-state index is 12.6. The van der Waals surface area contributed by atoms with Crippen LogP contribution in [0.3, 0.4) is 0 Å². The molecule has 0 aromatic heterocycles. The summed E-state index contributed by atoms with van der Waals surface area (Å²) in [5.41, 5.74) is 4.73. The Kier molecular flexibility index (Phi) is 5.10. The number of amides is 1. The van der Waals surface area contributed by atoms with Crippen molar-refractivity contribution in [1.82, 2.24) is 4.90 Å². The van der Waals surface area contributed by atoms with E-state index in [1.165, 1.54) is 41.4 Å². The number of carbonyl (C=O) groups excluding carboxylic acids is 1. The van der Waals surface area contributed by atoms with Crippen LogP contribution in [0.15, 0.2) is 48.5 Å². The second kappa shape index (κ2) is 7.54. The highest BCUT2D eigenvalue weighted by Crippen LogP contribution is 2.44. The summed E-state index contributed by atoms with van der Waals surface area (Å²) in [4.78, 5) is 14.1. The van der Waals surface area contributed by atoms with Crippen LogP contribution < -0.4 is 0 Å². The highest BCUT2D eigenvalue weighted by Gasteiger charge is 2.44. The SMILES string of the molecule is COC1(OC)CCN(C(=O)OCC2c3ccccc3-c3ccccc32)CC1O. The highest BCUT2D eigenvalue weighted by atomic mass is 16.7. The molecule has 1 heterocycles. The van der Waals surface area contributed by atoms with E-state index in [1.54, 1.807) is 0 Å². The molecule has 1 fully saturated rings. The van der Waals surface area contributed by atoms with Crippen LogP contribution in [0.2, 0.25) is 0 Å². The number of benzene rings is 2. The zero-order valence-corrected chi connectivity index (χ0v) is 16.1. The Morgan fingerprint density at radius 2 is 1.64 bits per heavy atom. The van der Waals surface area contributed by atoms with E-state index in [1.807, 2.05) is 24.3 Å². The van der Waals surface area contributed by atoms with Crippen molar-refractivity contribution in [3.63, 3.8) is 0 Å². The number of carbonyl (C=O) groups is 1. The van der Waals surface area contributed by atoms with Crippen molar-refractivity contribution in [2.24, 2.45) is 0 Å². The van der Waals surface area contributed by atoms with Gasteiger partial charge in [-0.05, 0) is 22.3 Å². The van der Waals surface area contributed by atoms with E-state index < -0.39 is 18.0 Å². The van der Waals surface area contributed by atoms with E-state index in [9.17, 15) is 9.90 Å². The van der Waals surface area contributed by atoms with Gasteiger partial charge in [0.25, 0.3) is 0 Å². The number of rotatable bonds is 4. The number of hydrogen-bond donors (Lipinski definition) is 1. The number of aliphatic hydroxyl groups is 1. The molecule has 6 heteroatoms. The second-order valence-corrected chi connectivity index (χ2v) is 7.24. The van der Waals surface area contributed by atoms with Crippen molar-refractivity contribution in [1.29, 1.82) is 0 Å². The Labute approximate surface area is 164 Å². The summed E-state index contributed by atoms with van der Waals surface area (Å²) < 4.78 is 16.3. The average Bonchev–Trinajstić information content (AvgIpc) is 3.06. The van der Waals surface area contributed by atoms with Crippen LogP contribution >= 0.6 is 0 Å². The van der Waals surface area contributed by atoms with Gasteiger partial charge in [0.1, 0.15) is 12.7 Å². The number of aliphatic hydroxyl groups excluding tert-OH is 1. The Morgan fingerprint density at radius 1 is 1.07 bits per heavy atom. The molecule has 4 rings (SSSR count). The molecule has 1 N–H and O–H groups in total. The first-order valence-electron chi connectivity index (χ1n) is 9.48. The minimum atomic E-state index is -1.07. The Morgan fingerprint density at radius 3 is 2.18 bits per heavy atom. The summed E-state index contributed by atoms with van der Waals surface area (Å²) in [6.07, 6.45) is -0.982. The van der Waals surface area contributed by atoms with Gasteiger partial charge in [0.05, 0.1) is 6.54 Å². The summed E-state index contributed by atoms with van der Waals surface area (Å²) >= 11 is 0. The molecule has 1 aliphatic carbocycles. The van der Waals surface area contributed by atoms with Gasteiger partial charge < -0.3 is 24.2 Å². The van der Waals surface area contributed by atoms with Gasteiger partial charge in [-0.25, -0.2) is 4.79 Å². The molecular weight excluding hydrogens is 358 g/mol. The van der Waals surface area contributed by atoms with Crippen molar-refractivity contribution in [3.05, 3.63) is 59.7 Å². The monoisotopic (exact) mass is 383 g/mol. The number of ether oxygens (including phenoxy) is 3. The Hall–Kier alpha value is -2.41. The summed E-state index contributed by atoms with van der Waals surface area (Å²) in [6, 6.07) is 16.4. The largest absolute Gasteiger partial charge is 0.448 e. The Balaban J connectivity index is 1.45. The molecular formula is C22H25NO5. The van der Waals surface area contributed by atoms with E-state index in [2.05, 4.69) is 24.3 Å². The molecule has 148 valence electrons. The minimum absolute atomic E-state index is 0.0168. The standard InChI is InChI=1S/C22H25NO5/c1-26-22(27-2)11-12-23(13-20(22)24)21(25)28-14-19-17-9-5-3-7-15(17)16-8-4-6-10-18(16)19/h3-10,19-20,24H,11-14H2,1-2H3. The summed E-state index contributed by atoms with van der Waals surface area (Å²) in [6.45, 7) is 0.771. The molecule has 0 saturated carbocycles. The fourth-order valence-electron chi connectivity index (χ4n) is 4.31. The van der Waals surface area contributed by atoms with Gasteiger partial charge in [-0.15, -0.1) is 0 Å². The van der Waals surface area contributed by atoms with Crippen LogP contribution in [0.25, 0.3) is 11.1 Å². The highest BCUT2D eigenvalue weighted by molar-refractivity contribution is 5.79. The van der Waals surface area contributed by atoms with Crippen LogP contribution in [0.4, 0.5) is 4.79 Å². The third-order valence-electron chi connectivity index (χ3n) is 5.92. The molecule has 0 bridgehead atoms. The van der Waals surface area contributed by atoms with Crippen molar-refractivity contribution in [3.8, 4) is 11.1 Å². The second-order valence-electron chi connectivity index (χ2n) is 7.24. The maximum absolute atomic E-state index is 12.6. The first-order valence-corrected chi connectivity index (χ1v) is 9.48. The van der Waals surface area contributed by atoms with E-state index in [0.29, 0.717) is 13.0 Å². The molecule has 2 aliphatic rings. The normalized spacial score (nSPS) is 20.5. The fraction of sp³-hybridized carbons (Fsp3) is 0.409. The van der Waals surface area contributed by atoms with Crippen LogP contribution in [0, 0.1) is 0 Å². The third-order valence-corrected chi connectivity index (χ3v) is 5.92. The number of nitrogens with zero attached hydrogens (tertiary/aromatic N) is 1.